The Hall–Kier alpha value is -1.12. The first-order valence-electron chi connectivity index (χ1n) is 8.15. The molecular formula is C17H25NO2. The molecule has 3 nitrogen and oxygen atoms in total. The molecule has 1 aromatic heterocycles. The molecule has 0 amide bonds. The van der Waals surface area contributed by atoms with Crippen molar-refractivity contribution in [2.45, 2.75) is 65.2 Å². The highest BCUT2D eigenvalue weighted by atomic mass is 16.5. The van der Waals surface area contributed by atoms with E-state index >= 15 is 0 Å². The van der Waals surface area contributed by atoms with Gasteiger partial charge in [0, 0.05) is 12.8 Å². The number of rotatable bonds is 3. The third-order valence-corrected chi connectivity index (χ3v) is 5.16. The predicted octanol–water partition coefficient (Wildman–Crippen LogP) is 4.20. The third-order valence-electron chi connectivity index (χ3n) is 5.16. The molecule has 3 rings (SSSR count). The highest BCUT2D eigenvalue weighted by Crippen LogP contribution is 2.34. The van der Waals surface area contributed by atoms with Gasteiger partial charge in [-0.25, -0.2) is 0 Å². The number of aromatic nitrogens is 1. The molecule has 0 spiro atoms. The second-order valence-electron chi connectivity index (χ2n) is 6.97. The SMILES string of the molecule is CC(C)C1CC(=O)c2c(noc2CC2CCCCC2)C1. The molecule has 110 valence electrons. The number of carbonyl (C=O) groups excluding carboxylic acids is 1. The van der Waals surface area contributed by atoms with E-state index in [4.69, 9.17) is 4.52 Å². The Bertz CT molecular complexity index is 483. The van der Waals surface area contributed by atoms with E-state index in [1.165, 1.54) is 32.1 Å². The van der Waals surface area contributed by atoms with Gasteiger partial charge in [0.15, 0.2) is 5.78 Å². The van der Waals surface area contributed by atoms with Crippen molar-refractivity contribution in [1.82, 2.24) is 5.16 Å². The monoisotopic (exact) mass is 275 g/mol. The van der Waals surface area contributed by atoms with E-state index in [2.05, 4.69) is 19.0 Å². The highest BCUT2D eigenvalue weighted by Gasteiger charge is 2.33. The summed E-state index contributed by atoms with van der Waals surface area (Å²) in [7, 11) is 0. The molecule has 2 aliphatic carbocycles. The van der Waals surface area contributed by atoms with Crippen LogP contribution in [0.4, 0.5) is 0 Å². The van der Waals surface area contributed by atoms with E-state index in [0.717, 1.165) is 29.9 Å². The Morgan fingerprint density at radius 3 is 2.65 bits per heavy atom. The van der Waals surface area contributed by atoms with Gasteiger partial charge < -0.3 is 4.52 Å². The zero-order valence-corrected chi connectivity index (χ0v) is 12.7. The number of hydrogen-bond donors (Lipinski definition) is 0. The first-order valence-corrected chi connectivity index (χ1v) is 8.15. The predicted molar refractivity (Wildman–Crippen MR) is 77.8 cm³/mol. The molecule has 0 N–H and O–H groups in total. The van der Waals surface area contributed by atoms with Gasteiger partial charge in [-0.2, -0.15) is 0 Å². The van der Waals surface area contributed by atoms with Crippen molar-refractivity contribution < 1.29 is 9.32 Å². The molecule has 1 unspecified atom stereocenters. The fraction of sp³-hybridized carbons (Fsp3) is 0.765. The standard InChI is InChI=1S/C17H25NO2/c1-11(2)13-9-14-17(15(19)10-13)16(20-18-14)8-12-6-4-3-5-7-12/h11-13H,3-10H2,1-2H3. The van der Waals surface area contributed by atoms with E-state index in [1.54, 1.807) is 0 Å². The number of hydrogen-bond acceptors (Lipinski definition) is 3. The fourth-order valence-electron chi connectivity index (χ4n) is 3.74. The van der Waals surface area contributed by atoms with Crippen LogP contribution in [-0.2, 0) is 12.8 Å². The number of fused-ring (bicyclic) bond motifs is 1. The molecule has 1 aromatic rings. The van der Waals surface area contributed by atoms with Crippen molar-refractivity contribution in [1.29, 1.82) is 0 Å². The van der Waals surface area contributed by atoms with E-state index in [-0.39, 0.29) is 5.78 Å². The van der Waals surface area contributed by atoms with Gasteiger partial charge in [-0.15, -0.1) is 0 Å². The zero-order chi connectivity index (χ0) is 14.1. The summed E-state index contributed by atoms with van der Waals surface area (Å²) < 4.78 is 5.55. The van der Waals surface area contributed by atoms with Crippen molar-refractivity contribution >= 4 is 5.78 Å². The van der Waals surface area contributed by atoms with E-state index in [0.29, 0.717) is 24.2 Å². The molecule has 1 atom stereocenters. The summed E-state index contributed by atoms with van der Waals surface area (Å²) in [5.74, 6) is 2.79. The summed E-state index contributed by atoms with van der Waals surface area (Å²) in [4.78, 5) is 12.4. The minimum atomic E-state index is 0.261. The van der Waals surface area contributed by atoms with Crippen LogP contribution in [0.3, 0.4) is 0 Å². The van der Waals surface area contributed by atoms with Gasteiger partial charge in [-0.05, 0) is 24.2 Å². The van der Waals surface area contributed by atoms with Gasteiger partial charge in [0.2, 0.25) is 0 Å². The molecule has 1 heterocycles. The minimum absolute atomic E-state index is 0.261. The van der Waals surface area contributed by atoms with Crippen LogP contribution in [0.15, 0.2) is 4.52 Å². The topological polar surface area (TPSA) is 43.1 Å². The molecule has 20 heavy (non-hydrogen) atoms. The molecule has 3 heteroatoms. The molecule has 2 aliphatic rings. The van der Waals surface area contributed by atoms with Crippen LogP contribution in [0.5, 0.6) is 0 Å². The lowest BCUT2D eigenvalue weighted by molar-refractivity contribution is 0.0931. The smallest absolute Gasteiger partial charge is 0.168 e. The van der Waals surface area contributed by atoms with Crippen molar-refractivity contribution in [2.75, 3.05) is 0 Å². The Balaban J connectivity index is 1.77. The summed E-state index contributed by atoms with van der Waals surface area (Å²) in [5, 5.41) is 4.21. The van der Waals surface area contributed by atoms with Crippen molar-refractivity contribution in [3.05, 3.63) is 17.0 Å². The lowest BCUT2D eigenvalue weighted by Gasteiger charge is -2.24. The van der Waals surface area contributed by atoms with E-state index in [9.17, 15) is 4.79 Å². The summed E-state index contributed by atoms with van der Waals surface area (Å²) in [6.45, 7) is 4.37. The Morgan fingerprint density at radius 1 is 1.20 bits per heavy atom. The number of ketones is 1. The van der Waals surface area contributed by atoms with Crippen LogP contribution in [0.25, 0.3) is 0 Å². The summed E-state index contributed by atoms with van der Waals surface area (Å²) in [6, 6.07) is 0. The van der Waals surface area contributed by atoms with E-state index < -0.39 is 0 Å². The van der Waals surface area contributed by atoms with Crippen molar-refractivity contribution in [3.63, 3.8) is 0 Å². The maximum absolute atomic E-state index is 12.4. The second-order valence-corrected chi connectivity index (χ2v) is 6.97. The quantitative estimate of drug-likeness (QED) is 0.830. The highest BCUT2D eigenvalue weighted by molar-refractivity contribution is 5.99. The van der Waals surface area contributed by atoms with Gasteiger partial charge in [0.1, 0.15) is 5.76 Å². The van der Waals surface area contributed by atoms with Gasteiger partial charge in [0.25, 0.3) is 0 Å². The Labute approximate surface area is 121 Å². The van der Waals surface area contributed by atoms with Crippen LogP contribution in [-0.4, -0.2) is 10.9 Å². The van der Waals surface area contributed by atoms with Crippen LogP contribution in [0.2, 0.25) is 0 Å². The zero-order valence-electron chi connectivity index (χ0n) is 12.7. The Kier molecular flexibility index (Phi) is 3.95. The molecule has 0 aromatic carbocycles. The molecule has 0 saturated heterocycles. The molecule has 0 radical (unpaired) electrons. The third kappa shape index (κ3) is 2.68. The average molecular weight is 275 g/mol. The Morgan fingerprint density at radius 2 is 1.95 bits per heavy atom. The van der Waals surface area contributed by atoms with Crippen molar-refractivity contribution in [2.24, 2.45) is 17.8 Å². The number of Topliss-reactive ketones (excluding diaryl/α,β-unsaturated/α-hetero) is 1. The lowest BCUT2D eigenvalue weighted by atomic mass is 9.78. The molecule has 1 saturated carbocycles. The van der Waals surface area contributed by atoms with Crippen LogP contribution < -0.4 is 0 Å². The van der Waals surface area contributed by atoms with Crippen LogP contribution >= 0.6 is 0 Å². The molecule has 0 bridgehead atoms. The molecule has 0 aliphatic heterocycles. The summed E-state index contributed by atoms with van der Waals surface area (Å²) in [5.41, 5.74) is 1.76. The van der Waals surface area contributed by atoms with Gasteiger partial charge in [0.05, 0.1) is 11.3 Å². The first kappa shape index (κ1) is 13.8. The van der Waals surface area contributed by atoms with Crippen LogP contribution in [0, 0.1) is 17.8 Å². The fourth-order valence-corrected chi connectivity index (χ4v) is 3.74. The largest absolute Gasteiger partial charge is 0.360 e. The summed E-state index contributed by atoms with van der Waals surface area (Å²) >= 11 is 0. The summed E-state index contributed by atoms with van der Waals surface area (Å²) in [6.07, 6.45) is 9.06. The number of nitrogens with zero attached hydrogens (tertiary/aromatic N) is 1. The normalized spacial score (nSPS) is 24.1. The second kappa shape index (κ2) is 5.71. The first-order chi connectivity index (χ1) is 9.65. The van der Waals surface area contributed by atoms with Gasteiger partial charge >= 0.3 is 0 Å². The van der Waals surface area contributed by atoms with Gasteiger partial charge in [-0.3, -0.25) is 4.79 Å². The minimum Gasteiger partial charge on any atom is -0.360 e. The maximum Gasteiger partial charge on any atom is 0.168 e. The molecular weight excluding hydrogens is 250 g/mol. The molecule has 1 fully saturated rings. The van der Waals surface area contributed by atoms with Crippen molar-refractivity contribution in [3.8, 4) is 0 Å². The van der Waals surface area contributed by atoms with Gasteiger partial charge in [-0.1, -0.05) is 51.1 Å². The average Bonchev–Trinajstić information content (AvgIpc) is 2.83. The maximum atomic E-state index is 12.4. The lowest BCUT2D eigenvalue weighted by Crippen LogP contribution is -2.24. The van der Waals surface area contributed by atoms with E-state index in [1.807, 2.05) is 0 Å². The number of carbonyl (C=O) groups is 1. The van der Waals surface area contributed by atoms with Crippen LogP contribution in [0.1, 0.15) is 74.2 Å².